The largest absolute Gasteiger partial charge is 0.342 e. The van der Waals surface area contributed by atoms with Crippen molar-refractivity contribution in [1.82, 2.24) is 4.57 Å². The summed E-state index contributed by atoms with van der Waals surface area (Å²) in [6, 6.07) is 12.0. The third-order valence-corrected chi connectivity index (χ3v) is 6.21. The van der Waals surface area contributed by atoms with Crippen LogP contribution >= 0.6 is 23.4 Å². The van der Waals surface area contributed by atoms with Gasteiger partial charge in [0.1, 0.15) is 5.82 Å². The van der Waals surface area contributed by atoms with Gasteiger partial charge in [0.25, 0.3) is 0 Å². The van der Waals surface area contributed by atoms with Crippen molar-refractivity contribution in [3.63, 3.8) is 0 Å². The summed E-state index contributed by atoms with van der Waals surface area (Å²) in [6.07, 6.45) is 4.01. The van der Waals surface area contributed by atoms with Crippen molar-refractivity contribution in [2.75, 3.05) is 5.75 Å². The van der Waals surface area contributed by atoms with E-state index in [0.29, 0.717) is 17.1 Å². The molecule has 0 aliphatic carbocycles. The Kier molecular flexibility index (Phi) is 4.63. The van der Waals surface area contributed by atoms with Gasteiger partial charge in [0.05, 0.1) is 5.25 Å². The van der Waals surface area contributed by atoms with Crippen molar-refractivity contribution in [2.24, 2.45) is 0 Å². The Morgan fingerprint density at radius 2 is 2.04 bits per heavy atom. The quantitative estimate of drug-likeness (QED) is 0.423. The second-order valence-electron chi connectivity index (χ2n) is 6.48. The lowest BCUT2D eigenvalue weighted by Gasteiger charge is -2.09. The summed E-state index contributed by atoms with van der Waals surface area (Å²) in [5, 5.41) is 1.35. The number of aromatic nitrogens is 1. The smallest absolute Gasteiger partial charge is 0.182 e. The lowest BCUT2D eigenvalue weighted by molar-refractivity contribution is 0.100. The number of carbonyl (C=O) groups is 1. The normalized spacial score (nSPS) is 16.9. The van der Waals surface area contributed by atoms with E-state index in [1.54, 1.807) is 23.9 Å². The summed E-state index contributed by atoms with van der Waals surface area (Å²) in [7, 11) is 0. The number of rotatable bonds is 4. The van der Waals surface area contributed by atoms with Crippen LogP contribution in [-0.4, -0.2) is 21.4 Å². The molecule has 0 amide bonds. The van der Waals surface area contributed by atoms with Gasteiger partial charge in [-0.15, -0.1) is 11.8 Å². The zero-order valence-electron chi connectivity index (χ0n) is 14.2. The molecule has 1 aliphatic rings. The van der Waals surface area contributed by atoms with Gasteiger partial charge in [0.15, 0.2) is 5.78 Å². The molecule has 2 aromatic carbocycles. The minimum atomic E-state index is -0.255. The van der Waals surface area contributed by atoms with Crippen molar-refractivity contribution in [2.45, 2.75) is 18.7 Å². The summed E-state index contributed by atoms with van der Waals surface area (Å²) >= 11 is 7.85. The number of benzene rings is 2. The zero-order valence-corrected chi connectivity index (χ0v) is 15.8. The molecule has 5 heteroatoms. The lowest BCUT2D eigenvalue weighted by Crippen LogP contribution is -2.16. The molecule has 0 saturated carbocycles. The average molecular weight is 386 g/mol. The Bertz CT molecular complexity index is 1020. The molecular weight excluding hydrogens is 369 g/mol. The fourth-order valence-corrected chi connectivity index (χ4v) is 4.68. The molecule has 1 unspecified atom stereocenters. The number of thioether (sulfide) groups is 1. The van der Waals surface area contributed by atoms with Crippen LogP contribution in [0.2, 0.25) is 5.02 Å². The van der Waals surface area contributed by atoms with Crippen LogP contribution in [0.1, 0.15) is 22.8 Å². The topological polar surface area (TPSA) is 22.0 Å². The highest BCUT2D eigenvalue weighted by Gasteiger charge is 2.28. The number of hydrogen-bond acceptors (Lipinski definition) is 2. The standard InChI is InChI=1S/C21H17ClFNOS/c1-13-8-9-26-21(13)20(25)18-12-24(11-14-2-5-16(23)6-3-14)19-7-4-15(22)10-17(18)19/h2-8,10,12,21H,9,11H2,1H3. The van der Waals surface area contributed by atoms with Crippen LogP contribution < -0.4 is 0 Å². The van der Waals surface area contributed by atoms with Crippen molar-refractivity contribution in [3.05, 3.63) is 82.3 Å². The maximum atomic E-state index is 13.2. The predicted octanol–water partition coefficient (Wildman–Crippen LogP) is 5.73. The first kappa shape index (κ1) is 17.4. The van der Waals surface area contributed by atoms with Gasteiger partial charge in [-0.2, -0.15) is 0 Å². The van der Waals surface area contributed by atoms with Gasteiger partial charge >= 0.3 is 0 Å². The molecule has 3 aromatic rings. The van der Waals surface area contributed by atoms with E-state index in [-0.39, 0.29) is 16.9 Å². The zero-order chi connectivity index (χ0) is 18.3. The highest BCUT2D eigenvalue weighted by Crippen LogP contribution is 2.33. The van der Waals surface area contributed by atoms with Crippen molar-refractivity contribution >= 4 is 40.0 Å². The second kappa shape index (κ2) is 6.93. The van der Waals surface area contributed by atoms with E-state index in [0.717, 1.165) is 27.8 Å². The van der Waals surface area contributed by atoms with Gasteiger partial charge < -0.3 is 4.57 Å². The molecule has 0 radical (unpaired) electrons. The van der Waals surface area contributed by atoms with E-state index < -0.39 is 0 Å². The summed E-state index contributed by atoms with van der Waals surface area (Å²) in [6.45, 7) is 2.57. The fraction of sp³-hybridized carbons (Fsp3) is 0.190. The van der Waals surface area contributed by atoms with Crippen molar-refractivity contribution in [1.29, 1.82) is 0 Å². The highest BCUT2D eigenvalue weighted by atomic mass is 35.5. The Labute approximate surface area is 160 Å². The first-order chi connectivity index (χ1) is 12.5. The molecule has 2 nitrogen and oxygen atoms in total. The van der Waals surface area contributed by atoms with Gasteiger partial charge in [-0.25, -0.2) is 4.39 Å². The first-order valence-electron chi connectivity index (χ1n) is 8.38. The molecule has 1 atom stereocenters. The third-order valence-electron chi connectivity index (χ3n) is 4.69. The lowest BCUT2D eigenvalue weighted by atomic mass is 10.0. The van der Waals surface area contributed by atoms with Crippen molar-refractivity contribution in [3.8, 4) is 0 Å². The molecule has 2 heterocycles. The van der Waals surface area contributed by atoms with E-state index in [2.05, 4.69) is 6.08 Å². The van der Waals surface area contributed by atoms with Gasteiger partial charge in [-0.3, -0.25) is 4.79 Å². The van der Waals surface area contributed by atoms with Gasteiger partial charge in [0.2, 0.25) is 0 Å². The molecule has 26 heavy (non-hydrogen) atoms. The van der Waals surface area contributed by atoms with Crippen LogP contribution in [0.5, 0.6) is 0 Å². The number of ketones is 1. The monoisotopic (exact) mass is 385 g/mol. The summed E-state index contributed by atoms with van der Waals surface area (Å²) < 4.78 is 15.2. The molecule has 1 aliphatic heterocycles. The number of Topliss-reactive ketones (excluding diaryl/α,β-unsaturated/α-hetero) is 1. The Balaban J connectivity index is 1.78. The number of hydrogen-bond donors (Lipinski definition) is 0. The highest BCUT2D eigenvalue weighted by molar-refractivity contribution is 8.01. The SMILES string of the molecule is CC1=CCSC1C(=O)c1cn(Cc2ccc(F)cc2)c2ccc(Cl)cc12. The molecular formula is C21H17ClFNOS. The van der Waals surface area contributed by atoms with E-state index in [1.165, 1.54) is 12.1 Å². The molecule has 0 saturated heterocycles. The maximum absolute atomic E-state index is 13.2. The molecule has 0 spiro atoms. The molecule has 0 fully saturated rings. The predicted molar refractivity (Wildman–Crippen MR) is 107 cm³/mol. The first-order valence-corrected chi connectivity index (χ1v) is 9.81. The molecule has 1 aromatic heterocycles. The van der Waals surface area contributed by atoms with Crippen LogP contribution in [0.25, 0.3) is 10.9 Å². The molecule has 0 bridgehead atoms. The minimum absolute atomic E-state index is 0.117. The summed E-state index contributed by atoms with van der Waals surface area (Å²) in [5.74, 6) is 0.734. The van der Waals surface area contributed by atoms with Crippen LogP contribution in [0, 0.1) is 5.82 Å². The maximum Gasteiger partial charge on any atom is 0.182 e. The van der Waals surface area contributed by atoms with Crippen LogP contribution in [0.3, 0.4) is 0 Å². The number of halogens is 2. The summed E-state index contributed by atoms with van der Waals surface area (Å²) in [4.78, 5) is 13.1. The second-order valence-corrected chi connectivity index (χ2v) is 8.06. The van der Waals surface area contributed by atoms with E-state index in [9.17, 15) is 9.18 Å². The molecule has 0 N–H and O–H groups in total. The van der Waals surface area contributed by atoms with E-state index in [1.807, 2.05) is 35.9 Å². The molecule has 132 valence electrons. The van der Waals surface area contributed by atoms with Gasteiger partial charge in [-0.05, 0) is 42.8 Å². The average Bonchev–Trinajstić information content (AvgIpc) is 3.20. The number of fused-ring (bicyclic) bond motifs is 1. The van der Waals surface area contributed by atoms with Gasteiger partial charge in [0, 0.05) is 40.0 Å². The van der Waals surface area contributed by atoms with E-state index in [4.69, 9.17) is 11.6 Å². The Morgan fingerprint density at radius 1 is 1.27 bits per heavy atom. The van der Waals surface area contributed by atoms with Crippen LogP contribution in [-0.2, 0) is 6.54 Å². The number of carbonyl (C=O) groups excluding carboxylic acids is 1. The number of nitrogens with zero attached hydrogens (tertiary/aromatic N) is 1. The van der Waals surface area contributed by atoms with Crippen molar-refractivity contribution < 1.29 is 9.18 Å². The molecule has 4 rings (SSSR count). The fourth-order valence-electron chi connectivity index (χ4n) is 3.32. The van der Waals surface area contributed by atoms with Crippen LogP contribution in [0.15, 0.2) is 60.3 Å². The third kappa shape index (κ3) is 3.19. The van der Waals surface area contributed by atoms with E-state index >= 15 is 0 Å². The van der Waals surface area contributed by atoms with Gasteiger partial charge in [-0.1, -0.05) is 35.4 Å². The summed E-state index contributed by atoms with van der Waals surface area (Å²) in [5.41, 5.74) is 3.73. The minimum Gasteiger partial charge on any atom is -0.342 e. The van der Waals surface area contributed by atoms with Crippen LogP contribution in [0.4, 0.5) is 4.39 Å². The Morgan fingerprint density at radius 3 is 2.73 bits per heavy atom. The Hall–Kier alpha value is -2.04.